The second kappa shape index (κ2) is 9.58. The Labute approximate surface area is 168 Å². The summed E-state index contributed by atoms with van der Waals surface area (Å²) in [4.78, 5) is 0. The fourth-order valence-corrected chi connectivity index (χ4v) is 2.87. The molecule has 0 bridgehead atoms. The Hall–Kier alpha value is -2.56. The van der Waals surface area contributed by atoms with E-state index in [1.165, 1.54) is 0 Å². The number of benzene rings is 2. The number of methoxy groups -OCH3 is 2. The summed E-state index contributed by atoms with van der Waals surface area (Å²) in [6.07, 6.45) is 0.00381. The molecular formula is C23H32O5. The highest BCUT2D eigenvalue weighted by Crippen LogP contribution is 2.47. The van der Waals surface area contributed by atoms with Crippen LogP contribution < -0.4 is 23.7 Å². The lowest BCUT2D eigenvalue weighted by Gasteiger charge is -2.23. The maximum absolute atomic E-state index is 6.16. The van der Waals surface area contributed by atoms with Gasteiger partial charge in [0.25, 0.3) is 0 Å². The molecule has 28 heavy (non-hydrogen) atoms. The average Bonchev–Trinajstić information content (AvgIpc) is 2.59. The van der Waals surface area contributed by atoms with Gasteiger partial charge in [0.1, 0.15) is 28.7 Å². The molecule has 0 aliphatic heterocycles. The Bertz CT molecular complexity index is 750. The van der Waals surface area contributed by atoms with E-state index < -0.39 is 0 Å². The molecule has 0 unspecified atom stereocenters. The number of hydrogen-bond donors (Lipinski definition) is 0. The largest absolute Gasteiger partial charge is 0.497 e. The lowest BCUT2D eigenvalue weighted by molar-refractivity contribution is 0.218. The van der Waals surface area contributed by atoms with Gasteiger partial charge in [-0.3, -0.25) is 0 Å². The number of rotatable bonds is 9. The second-order valence-corrected chi connectivity index (χ2v) is 7.36. The summed E-state index contributed by atoms with van der Waals surface area (Å²) in [5.41, 5.74) is 1.65. The Kier molecular flexibility index (Phi) is 7.44. The van der Waals surface area contributed by atoms with Crippen LogP contribution in [0.2, 0.25) is 0 Å². The average molecular weight is 389 g/mol. The minimum atomic E-state index is -0.0171. The van der Waals surface area contributed by atoms with Gasteiger partial charge in [0.2, 0.25) is 0 Å². The van der Waals surface area contributed by atoms with Crippen LogP contribution >= 0.6 is 0 Å². The Balaban J connectivity index is 2.78. The topological polar surface area (TPSA) is 46.2 Å². The molecule has 154 valence electrons. The molecule has 0 amide bonds. The molecular weight excluding hydrogens is 356 g/mol. The first-order chi connectivity index (χ1) is 13.2. The molecule has 5 nitrogen and oxygen atoms in total. The molecule has 0 spiro atoms. The summed E-state index contributed by atoms with van der Waals surface area (Å²) in [7, 11) is 3.29. The van der Waals surface area contributed by atoms with Gasteiger partial charge in [0.05, 0.1) is 38.1 Å². The van der Waals surface area contributed by atoms with E-state index in [0.717, 1.165) is 16.9 Å². The first-order valence-electron chi connectivity index (χ1n) is 9.65. The van der Waals surface area contributed by atoms with Crippen molar-refractivity contribution in [2.75, 3.05) is 14.2 Å². The number of ether oxygens (including phenoxy) is 5. The van der Waals surface area contributed by atoms with Crippen LogP contribution in [-0.4, -0.2) is 32.5 Å². The summed E-state index contributed by atoms with van der Waals surface area (Å²) < 4.78 is 29.3. The molecule has 0 N–H and O–H groups in total. The van der Waals surface area contributed by atoms with E-state index >= 15 is 0 Å². The predicted octanol–water partition coefficient (Wildman–Crippen LogP) is 5.73. The highest BCUT2D eigenvalue weighted by atomic mass is 16.5. The molecule has 0 heterocycles. The van der Waals surface area contributed by atoms with E-state index in [0.29, 0.717) is 23.0 Å². The Morgan fingerprint density at radius 1 is 0.571 bits per heavy atom. The van der Waals surface area contributed by atoms with E-state index in [-0.39, 0.29) is 18.3 Å². The van der Waals surface area contributed by atoms with E-state index in [1.54, 1.807) is 14.2 Å². The maximum atomic E-state index is 6.16. The molecule has 0 aromatic heterocycles. The van der Waals surface area contributed by atoms with Crippen LogP contribution in [-0.2, 0) is 0 Å². The molecule has 0 saturated heterocycles. The summed E-state index contributed by atoms with van der Waals surface area (Å²) >= 11 is 0. The van der Waals surface area contributed by atoms with Gasteiger partial charge < -0.3 is 23.7 Å². The summed E-state index contributed by atoms with van der Waals surface area (Å²) in [6, 6.07) is 9.48. The van der Waals surface area contributed by atoms with E-state index in [9.17, 15) is 0 Å². The van der Waals surface area contributed by atoms with E-state index in [2.05, 4.69) is 0 Å². The number of hydrogen-bond acceptors (Lipinski definition) is 5. The van der Waals surface area contributed by atoms with Crippen molar-refractivity contribution in [2.45, 2.75) is 59.9 Å². The Morgan fingerprint density at radius 3 is 1.54 bits per heavy atom. The molecule has 5 heteroatoms. The molecule has 0 fully saturated rings. The van der Waals surface area contributed by atoms with Crippen molar-refractivity contribution in [1.29, 1.82) is 0 Å². The summed E-state index contributed by atoms with van der Waals surface area (Å²) in [6.45, 7) is 11.9. The third kappa shape index (κ3) is 5.47. The van der Waals surface area contributed by atoms with Crippen LogP contribution in [0.25, 0.3) is 11.1 Å². The highest BCUT2D eigenvalue weighted by Gasteiger charge is 2.22. The Morgan fingerprint density at radius 2 is 1.11 bits per heavy atom. The van der Waals surface area contributed by atoms with E-state index in [4.69, 9.17) is 23.7 Å². The van der Waals surface area contributed by atoms with Gasteiger partial charge in [-0.25, -0.2) is 0 Å². The zero-order valence-electron chi connectivity index (χ0n) is 18.2. The normalized spacial score (nSPS) is 11.1. The fourth-order valence-electron chi connectivity index (χ4n) is 2.87. The van der Waals surface area contributed by atoms with Crippen LogP contribution in [0.5, 0.6) is 28.7 Å². The van der Waals surface area contributed by atoms with Gasteiger partial charge in [-0.1, -0.05) is 0 Å². The van der Waals surface area contributed by atoms with Crippen LogP contribution in [0.1, 0.15) is 41.5 Å². The van der Waals surface area contributed by atoms with Crippen molar-refractivity contribution in [2.24, 2.45) is 0 Å². The fraction of sp³-hybridized carbons (Fsp3) is 0.478. The maximum Gasteiger partial charge on any atom is 0.135 e. The quantitative estimate of drug-likeness (QED) is 0.549. The molecule has 2 rings (SSSR count). The van der Waals surface area contributed by atoms with Crippen molar-refractivity contribution in [1.82, 2.24) is 0 Å². The zero-order chi connectivity index (χ0) is 20.8. The van der Waals surface area contributed by atoms with Gasteiger partial charge in [-0.2, -0.15) is 0 Å². The smallest absolute Gasteiger partial charge is 0.135 e. The molecule has 0 radical (unpaired) electrons. The van der Waals surface area contributed by atoms with Gasteiger partial charge in [-0.15, -0.1) is 0 Å². The van der Waals surface area contributed by atoms with Crippen LogP contribution in [0.3, 0.4) is 0 Å². The molecule has 2 aromatic rings. The van der Waals surface area contributed by atoms with Crippen molar-refractivity contribution in [3.05, 3.63) is 30.3 Å². The zero-order valence-corrected chi connectivity index (χ0v) is 18.2. The minimum Gasteiger partial charge on any atom is -0.497 e. The van der Waals surface area contributed by atoms with Crippen molar-refractivity contribution < 1.29 is 23.7 Å². The lowest BCUT2D eigenvalue weighted by atomic mass is 10.0. The third-order valence-electron chi connectivity index (χ3n) is 3.81. The third-order valence-corrected chi connectivity index (χ3v) is 3.81. The van der Waals surface area contributed by atoms with Crippen molar-refractivity contribution >= 4 is 0 Å². The summed E-state index contributed by atoms with van der Waals surface area (Å²) in [5, 5.41) is 0. The molecule has 0 aliphatic carbocycles. The highest BCUT2D eigenvalue weighted by molar-refractivity contribution is 5.83. The van der Waals surface area contributed by atoms with E-state index in [1.807, 2.05) is 71.9 Å². The standard InChI is InChI=1S/C23H32O5/c1-14(2)26-18-12-21(27-15(3)4)23(22(13-18)28-16(5)6)19-11-17(24-7)9-10-20(19)25-8/h9-16H,1-8H3. The van der Waals surface area contributed by atoms with Gasteiger partial charge >= 0.3 is 0 Å². The van der Waals surface area contributed by atoms with Gasteiger partial charge in [-0.05, 0) is 59.7 Å². The first-order valence-corrected chi connectivity index (χ1v) is 9.65. The monoisotopic (exact) mass is 388 g/mol. The van der Waals surface area contributed by atoms with Crippen LogP contribution in [0, 0.1) is 0 Å². The van der Waals surface area contributed by atoms with Crippen LogP contribution in [0.15, 0.2) is 30.3 Å². The van der Waals surface area contributed by atoms with Crippen molar-refractivity contribution in [3.63, 3.8) is 0 Å². The molecule has 2 aromatic carbocycles. The second-order valence-electron chi connectivity index (χ2n) is 7.36. The predicted molar refractivity (Wildman–Crippen MR) is 112 cm³/mol. The minimum absolute atomic E-state index is 0.0171. The van der Waals surface area contributed by atoms with Gasteiger partial charge in [0.15, 0.2) is 0 Å². The summed E-state index contributed by atoms with van der Waals surface area (Å²) in [5.74, 6) is 3.49. The molecule has 0 saturated carbocycles. The van der Waals surface area contributed by atoms with Gasteiger partial charge in [0, 0.05) is 17.7 Å². The van der Waals surface area contributed by atoms with Crippen molar-refractivity contribution in [3.8, 4) is 39.9 Å². The first kappa shape index (κ1) is 21.7. The van der Waals surface area contributed by atoms with Crippen LogP contribution in [0.4, 0.5) is 0 Å². The SMILES string of the molecule is COc1ccc(OC)c(-c2c(OC(C)C)cc(OC(C)C)cc2OC(C)C)c1. The lowest BCUT2D eigenvalue weighted by Crippen LogP contribution is -2.12. The molecule has 0 atom stereocenters. The molecule has 0 aliphatic rings.